The molecule has 5 nitrogen and oxygen atoms in total. The Balaban J connectivity index is 1.46. The van der Waals surface area contributed by atoms with E-state index in [0.717, 1.165) is 16.1 Å². The normalized spacial score (nSPS) is 10.8. The molecule has 2 heterocycles. The second-order valence-corrected chi connectivity index (χ2v) is 8.65. The molecule has 1 amide bonds. The molecule has 0 aliphatic rings. The van der Waals surface area contributed by atoms with Gasteiger partial charge in [-0.05, 0) is 60.7 Å². The van der Waals surface area contributed by atoms with Crippen molar-refractivity contribution in [3.63, 3.8) is 0 Å². The summed E-state index contributed by atoms with van der Waals surface area (Å²) < 4.78 is 6.77. The van der Waals surface area contributed by atoms with Crippen LogP contribution in [-0.2, 0) is 6.54 Å². The topological polar surface area (TPSA) is 55.3 Å². The number of halogens is 1. The Kier molecular flexibility index (Phi) is 6.02. The van der Waals surface area contributed by atoms with Gasteiger partial charge in [-0.3, -0.25) is 14.7 Å². The molecule has 0 spiro atoms. The lowest BCUT2D eigenvalue weighted by atomic mass is 10.2. The molecule has 0 fully saturated rings. The lowest BCUT2D eigenvalue weighted by Gasteiger charge is -2.19. The molecule has 0 aliphatic heterocycles. The van der Waals surface area contributed by atoms with Crippen molar-refractivity contribution < 1.29 is 9.53 Å². The molecule has 33 heavy (non-hydrogen) atoms. The zero-order valence-electron chi connectivity index (χ0n) is 17.4. The predicted octanol–water partition coefficient (Wildman–Crippen LogP) is 6.98. The van der Waals surface area contributed by atoms with E-state index in [2.05, 4.69) is 9.97 Å². The number of thiazole rings is 1. The van der Waals surface area contributed by atoms with Crippen LogP contribution in [0.2, 0.25) is 5.02 Å². The third-order valence-corrected chi connectivity index (χ3v) is 6.31. The molecular weight excluding hydrogens is 454 g/mol. The molecule has 0 saturated carbocycles. The van der Waals surface area contributed by atoms with Crippen molar-refractivity contribution in [2.45, 2.75) is 6.54 Å². The lowest BCUT2D eigenvalue weighted by molar-refractivity contribution is 0.0985. The van der Waals surface area contributed by atoms with Gasteiger partial charge in [0.25, 0.3) is 5.91 Å². The quantitative estimate of drug-likeness (QED) is 0.268. The van der Waals surface area contributed by atoms with Crippen LogP contribution in [0.25, 0.3) is 10.2 Å². The molecule has 5 aromatic rings. The highest BCUT2D eigenvalue weighted by Crippen LogP contribution is 2.34. The summed E-state index contributed by atoms with van der Waals surface area (Å²) in [6.07, 6.45) is 1.71. The van der Waals surface area contributed by atoms with Gasteiger partial charge in [-0.25, -0.2) is 4.98 Å². The summed E-state index contributed by atoms with van der Waals surface area (Å²) in [6, 6.07) is 27.8. The summed E-state index contributed by atoms with van der Waals surface area (Å²) in [5.74, 6) is 1.21. The number of fused-ring (bicyclic) bond motifs is 1. The van der Waals surface area contributed by atoms with E-state index in [9.17, 15) is 4.79 Å². The van der Waals surface area contributed by atoms with Crippen LogP contribution in [0.5, 0.6) is 11.5 Å². The Morgan fingerprint density at radius 1 is 0.879 bits per heavy atom. The van der Waals surface area contributed by atoms with Gasteiger partial charge in [0.1, 0.15) is 17.0 Å². The highest BCUT2D eigenvalue weighted by Gasteiger charge is 2.23. The Bertz CT molecular complexity index is 1390. The molecule has 5 rings (SSSR count). The van der Waals surface area contributed by atoms with Gasteiger partial charge in [0, 0.05) is 11.8 Å². The largest absolute Gasteiger partial charge is 0.457 e. The molecule has 2 aromatic heterocycles. The summed E-state index contributed by atoms with van der Waals surface area (Å²) >= 11 is 7.75. The second-order valence-electron chi connectivity index (χ2n) is 7.23. The van der Waals surface area contributed by atoms with E-state index in [4.69, 9.17) is 16.3 Å². The number of ether oxygens (including phenoxy) is 1. The molecule has 7 heteroatoms. The highest BCUT2D eigenvalue weighted by atomic mass is 35.5. The van der Waals surface area contributed by atoms with Gasteiger partial charge < -0.3 is 4.74 Å². The van der Waals surface area contributed by atoms with Crippen molar-refractivity contribution in [3.05, 3.63) is 113 Å². The molecule has 0 unspecified atom stereocenters. The fraction of sp³-hybridized carbons (Fsp3) is 0.0385. The van der Waals surface area contributed by atoms with Gasteiger partial charge >= 0.3 is 0 Å². The van der Waals surface area contributed by atoms with Gasteiger partial charge in [0.05, 0.1) is 22.0 Å². The SMILES string of the molecule is O=C(c1ccc(Oc2ccccc2)cc1)N(Cc1ccccn1)c1nc2c(Cl)cccc2s1. The van der Waals surface area contributed by atoms with Gasteiger partial charge in [-0.1, -0.05) is 53.3 Å². The molecule has 0 N–H and O–H groups in total. The van der Waals surface area contributed by atoms with Crippen LogP contribution in [0.3, 0.4) is 0 Å². The summed E-state index contributed by atoms with van der Waals surface area (Å²) in [6.45, 7) is 0.291. The summed E-state index contributed by atoms with van der Waals surface area (Å²) in [5.41, 5.74) is 1.97. The smallest absolute Gasteiger partial charge is 0.260 e. The first kappa shape index (κ1) is 21.1. The Morgan fingerprint density at radius 2 is 1.64 bits per heavy atom. The Morgan fingerprint density at radius 3 is 2.36 bits per heavy atom. The van der Waals surface area contributed by atoms with Crippen LogP contribution in [0.1, 0.15) is 16.1 Å². The minimum atomic E-state index is -0.179. The molecule has 0 aliphatic carbocycles. The molecule has 162 valence electrons. The highest BCUT2D eigenvalue weighted by molar-refractivity contribution is 7.22. The van der Waals surface area contributed by atoms with E-state index in [1.165, 1.54) is 11.3 Å². The Labute approximate surface area is 199 Å². The van der Waals surface area contributed by atoms with Crippen LogP contribution >= 0.6 is 22.9 Å². The van der Waals surface area contributed by atoms with Crippen molar-refractivity contribution >= 4 is 44.2 Å². The van der Waals surface area contributed by atoms with Crippen molar-refractivity contribution in [2.75, 3.05) is 4.90 Å². The van der Waals surface area contributed by atoms with E-state index in [1.54, 1.807) is 41.4 Å². The zero-order valence-corrected chi connectivity index (χ0v) is 19.0. The van der Waals surface area contributed by atoms with E-state index >= 15 is 0 Å². The average molecular weight is 472 g/mol. The summed E-state index contributed by atoms with van der Waals surface area (Å²) in [7, 11) is 0. The van der Waals surface area contributed by atoms with E-state index in [1.807, 2.05) is 60.7 Å². The molecular formula is C26H18ClN3O2S. The molecule has 3 aromatic carbocycles. The number of pyridine rings is 1. The minimum Gasteiger partial charge on any atom is -0.457 e. The Hall–Kier alpha value is -3.74. The number of amides is 1. The first-order valence-corrected chi connectivity index (χ1v) is 11.5. The lowest BCUT2D eigenvalue weighted by Crippen LogP contribution is -2.30. The van der Waals surface area contributed by atoms with Gasteiger partial charge in [-0.2, -0.15) is 0 Å². The van der Waals surface area contributed by atoms with Crippen LogP contribution in [0.15, 0.2) is 97.2 Å². The number of aromatic nitrogens is 2. The number of carbonyl (C=O) groups excluding carboxylic acids is 1. The third-order valence-electron chi connectivity index (χ3n) is 4.96. The van der Waals surface area contributed by atoms with Crippen LogP contribution in [-0.4, -0.2) is 15.9 Å². The molecule has 0 saturated heterocycles. The predicted molar refractivity (Wildman–Crippen MR) is 132 cm³/mol. The zero-order chi connectivity index (χ0) is 22.6. The second kappa shape index (κ2) is 9.40. The third kappa shape index (κ3) is 4.72. The minimum absolute atomic E-state index is 0.179. The van der Waals surface area contributed by atoms with Gasteiger partial charge in [0.15, 0.2) is 5.13 Å². The summed E-state index contributed by atoms with van der Waals surface area (Å²) in [4.78, 5) is 24.3. The standard InChI is InChI=1S/C26H18ClN3O2S/c27-22-10-6-11-23-24(22)29-26(33-23)30(17-19-7-4-5-16-28-19)25(31)18-12-14-21(15-13-18)32-20-8-2-1-3-9-20/h1-16H,17H2. The molecule has 0 bridgehead atoms. The van der Waals surface area contributed by atoms with Crippen molar-refractivity contribution in [1.82, 2.24) is 9.97 Å². The van der Waals surface area contributed by atoms with E-state index in [-0.39, 0.29) is 5.91 Å². The van der Waals surface area contributed by atoms with Crippen LogP contribution in [0, 0.1) is 0 Å². The number of carbonyl (C=O) groups is 1. The molecule has 0 radical (unpaired) electrons. The maximum Gasteiger partial charge on any atom is 0.260 e. The van der Waals surface area contributed by atoms with Crippen LogP contribution in [0.4, 0.5) is 5.13 Å². The maximum absolute atomic E-state index is 13.6. The number of hydrogen-bond donors (Lipinski definition) is 0. The monoisotopic (exact) mass is 471 g/mol. The average Bonchev–Trinajstić information content (AvgIpc) is 3.29. The number of para-hydroxylation sites is 2. The first-order chi connectivity index (χ1) is 16.2. The van der Waals surface area contributed by atoms with Crippen molar-refractivity contribution in [2.24, 2.45) is 0 Å². The van der Waals surface area contributed by atoms with Crippen molar-refractivity contribution in [3.8, 4) is 11.5 Å². The first-order valence-electron chi connectivity index (χ1n) is 10.3. The number of rotatable bonds is 6. The number of nitrogens with zero attached hydrogens (tertiary/aromatic N) is 3. The fourth-order valence-electron chi connectivity index (χ4n) is 3.34. The van der Waals surface area contributed by atoms with Gasteiger partial charge in [-0.15, -0.1) is 0 Å². The number of benzene rings is 3. The van der Waals surface area contributed by atoms with Crippen molar-refractivity contribution in [1.29, 1.82) is 0 Å². The number of hydrogen-bond acceptors (Lipinski definition) is 5. The van der Waals surface area contributed by atoms with E-state index < -0.39 is 0 Å². The summed E-state index contributed by atoms with van der Waals surface area (Å²) in [5, 5.41) is 1.13. The van der Waals surface area contributed by atoms with Gasteiger partial charge in [0.2, 0.25) is 0 Å². The number of anilines is 1. The maximum atomic E-state index is 13.6. The molecule has 0 atom stereocenters. The van der Waals surface area contributed by atoms with E-state index in [0.29, 0.717) is 33.5 Å². The van der Waals surface area contributed by atoms with Crippen LogP contribution < -0.4 is 9.64 Å². The fourth-order valence-corrected chi connectivity index (χ4v) is 4.61.